The summed E-state index contributed by atoms with van der Waals surface area (Å²) in [6.45, 7) is 3.39. The number of nitrogens with zero attached hydrogens (tertiary/aromatic N) is 1. The van der Waals surface area contributed by atoms with Crippen molar-refractivity contribution in [3.63, 3.8) is 0 Å². The van der Waals surface area contributed by atoms with Gasteiger partial charge in [0.05, 0.1) is 0 Å². The molecule has 1 heterocycles. The van der Waals surface area contributed by atoms with Crippen LogP contribution in [-0.2, 0) is 4.79 Å². The minimum Gasteiger partial charge on any atom is -0.348 e. The SMILES string of the molecule is CC(=O)Nc1ccc(-c2nc(C(=O)NC3CC3)c(C)s2)cc1. The molecule has 0 radical (unpaired) electrons. The van der Waals surface area contributed by atoms with Crippen LogP contribution in [0.4, 0.5) is 5.69 Å². The van der Waals surface area contributed by atoms with Gasteiger partial charge in [-0.05, 0) is 44.0 Å². The van der Waals surface area contributed by atoms with Gasteiger partial charge in [-0.1, -0.05) is 0 Å². The van der Waals surface area contributed by atoms with Crippen LogP contribution in [0.5, 0.6) is 0 Å². The van der Waals surface area contributed by atoms with Gasteiger partial charge in [-0.2, -0.15) is 0 Å². The summed E-state index contributed by atoms with van der Waals surface area (Å²) in [6, 6.07) is 7.78. The van der Waals surface area contributed by atoms with Crippen LogP contribution in [0.25, 0.3) is 10.6 Å². The number of carbonyl (C=O) groups excluding carboxylic acids is 2. The molecule has 0 atom stereocenters. The summed E-state index contributed by atoms with van der Waals surface area (Å²) in [7, 11) is 0. The number of nitrogens with one attached hydrogen (secondary N) is 2. The lowest BCUT2D eigenvalue weighted by molar-refractivity contribution is -0.114. The quantitative estimate of drug-likeness (QED) is 0.911. The molecule has 2 aromatic rings. The summed E-state index contributed by atoms with van der Waals surface area (Å²) >= 11 is 1.50. The molecule has 5 nitrogen and oxygen atoms in total. The Hall–Kier alpha value is -2.21. The van der Waals surface area contributed by atoms with Gasteiger partial charge in [0, 0.05) is 29.1 Å². The van der Waals surface area contributed by atoms with Gasteiger partial charge in [-0.3, -0.25) is 9.59 Å². The van der Waals surface area contributed by atoms with Gasteiger partial charge in [0.25, 0.3) is 5.91 Å². The number of hydrogen-bond acceptors (Lipinski definition) is 4. The molecule has 0 saturated heterocycles. The van der Waals surface area contributed by atoms with Crippen LogP contribution in [0.1, 0.15) is 35.1 Å². The van der Waals surface area contributed by atoms with Crippen LogP contribution in [0.2, 0.25) is 0 Å². The van der Waals surface area contributed by atoms with Crippen LogP contribution in [-0.4, -0.2) is 22.8 Å². The highest BCUT2D eigenvalue weighted by Crippen LogP contribution is 2.29. The lowest BCUT2D eigenvalue weighted by atomic mass is 10.2. The van der Waals surface area contributed by atoms with Crippen LogP contribution < -0.4 is 10.6 Å². The molecule has 1 fully saturated rings. The largest absolute Gasteiger partial charge is 0.348 e. The molecule has 1 aliphatic rings. The van der Waals surface area contributed by atoms with E-state index >= 15 is 0 Å². The summed E-state index contributed by atoms with van der Waals surface area (Å²) in [4.78, 5) is 28.5. The third kappa shape index (κ3) is 3.33. The molecule has 1 aliphatic carbocycles. The van der Waals surface area contributed by atoms with Crippen molar-refractivity contribution in [3.8, 4) is 10.6 Å². The number of rotatable bonds is 4. The first kappa shape index (κ1) is 14.7. The summed E-state index contributed by atoms with van der Waals surface area (Å²) in [6.07, 6.45) is 2.12. The number of aryl methyl sites for hydroxylation is 1. The van der Waals surface area contributed by atoms with Crippen LogP contribution >= 0.6 is 11.3 Å². The second-order valence-corrected chi connectivity index (χ2v) is 6.63. The number of thiazole rings is 1. The zero-order valence-electron chi connectivity index (χ0n) is 12.5. The Morgan fingerprint density at radius 3 is 2.50 bits per heavy atom. The summed E-state index contributed by atoms with van der Waals surface area (Å²) in [5.41, 5.74) is 2.20. The summed E-state index contributed by atoms with van der Waals surface area (Å²) in [5.74, 6) is -0.186. The maximum atomic E-state index is 12.1. The van der Waals surface area contributed by atoms with Crippen molar-refractivity contribution < 1.29 is 9.59 Å². The van der Waals surface area contributed by atoms with E-state index in [-0.39, 0.29) is 11.8 Å². The lowest BCUT2D eigenvalue weighted by Gasteiger charge is -2.02. The smallest absolute Gasteiger partial charge is 0.271 e. The van der Waals surface area contributed by atoms with Crippen molar-refractivity contribution in [1.29, 1.82) is 0 Å². The number of aromatic nitrogens is 1. The maximum absolute atomic E-state index is 12.1. The van der Waals surface area contributed by atoms with Gasteiger partial charge in [0.2, 0.25) is 5.91 Å². The van der Waals surface area contributed by atoms with Crippen LogP contribution in [0, 0.1) is 6.92 Å². The fourth-order valence-corrected chi connectivity index (χ4v) is 3.03. The van der Waals surface area contributed by atoms with Crippen molar-refractivity contribution in [2.45, 2.75) is 32.7 Å². The molecule has 1 aromatic carbocycles. The van der Waals surface area contributed by atoms with E-state index in [0.29, 0.717) is 11.7 Å². The Morgan fingerprint density at radius 2 is 1.91 bits per heavy atom. The highest BCUT2D eigenvalue weighted by Gasteiger charge is 2.26. The Morgan fingerprint density at radius 1 is 1.23 bits per heavy atom. The second kappa shape index (κ2) is 5.88. The molecule has 22 heavy (non-hydrogen) atoms. The topological polar surface area (TPSA) is 71.1 Å². The average molecular weight is 315 g/mol. The first-order chi connectivity index (χ1) is 10.5. The molecular weight excluding hydrogens is 298 g/mol. The fraction of sp³-hybridized carbons (Fsp3) is 0.312. The Bertz CT molecular complexity index is 717. The van der Waals surface area contributed by atoms with E-state index in [9.17, 15) is 9.59 Å². The predicted octanol–water partition coefficient (Wildman–Crippen LogP) is 2.97. The predicted molar refractivity (Wildman–Crippen MR) is 87.1 cm³/mol. The molecular formula is C16H17N3O2S. The average Bonchev–Trinajstić information content (AvgIpc) is 3.19. The minimum atomic E-state index is -0.100. The minimum absolute atomic E-state index is 0.0858. The summed E-state index contributed by atoms with van der Waals surface area (Å²) < 4.78 is 0. The number of carbonyl (C=O) groups is 2. The number of amides is 2. The standard InChI is InChI=1S/C16H17N3O2S/c1-9-14(15(21)18-13-7-8-13)19-16(22-9)11-3-5-12(6-4-11)17-10(2)20/h3-6,13H,7-8H2,1-2H3,(H,17,20)(H,18,21). The van der Waals surface area contributed by atoms with E-state index in [1.54, 1.807) is 0 Å². The van der Waals surface area contributed by atoms with Crippen molar-refractivity contribution in [1.82, 2.24) is 10.3 Å². The normalized spacial score (nSPS) is 13.7. The first-order valence-corrected chi connectivity index (χ1v) is 8.01. The molecule has 1 aromatic heterocycles. The lowest BCUT2D eigenvalue weighted by Crippen LogP contribution is -2.26. The Kier molecular flexibility index (Phi) is 3.94. The molecule has 114 valence electrons. The molecule has 0 bridgehead atoms. The fourth-order valence-electron chi connectivity index (χ4n) is 2.11. The number of anilines is 1. The van der Waals surface area contributed by atoms with E-state index in [1.165, 1.54) is 18.3 Å². The summed E-state index contributed by atoms with van der Waals surface area (Å²) in [5, 5.41) is 6.50. The van der Waals surface area contributed by atoms with Crippen molar-refractivity contribution in [3.05, 3.63) is 34.8 Å². The monoisotopic (exact) mass is 315 g/mol. The highest BCUT2D eigenvalue weighted by atomic mass is 32.1. The third-order valence-electron chi connectivity index (χ3n) is 3.38. The Balaban J connectivity index is 1.79. The zero-order chi connectivity index (χ0) is 15.7. The maximum Gasteiger partial charge on any atom is 0.271 e. The molecule has 3 rings (SSSR count). The highest BCUT2D eigenvalue weighted by molar-refractivity contribution is 7.15. The molecule has 1 saturated carbocycles. The molecule has 6 heteroatoms. The zero-order valence-corrected chi connectivity index (χ0v) is 13.3. The first-order valence-electron chi connectivity index (χ1n) is 7.19. The molecule has 0 unspecified atom stereocenters. The van der Waals surface area contributed by atoms with E-state index in [1.807, 2.05) is 31.2 Å². The van der Waals surface area contributed by atoms with E-state index < -0.39 is 0 Å². The van der Waals surface area contributed by atoms with Crippen molar-refractivity contribution in [2.24, 2.45) is 0 Å². The van der Waals surface area contributed by atoms with Crippen LogP contribution in [0.15, 0.2) is 24.3 Å². The van der Waals surface area contributed by atoms with Gasteiger partial charge >= 0.3 is 0 Å². The Labute approximate surface area is 132 Å². The number of hydrogen-bond donors (Lipinski definition) is 2. The van der Waals surface area contributed by atoms with Gasteiger partial charge in [0.15, 0.2) is 0 Å². The molecule has 2 N–H and O–H groups in total. The van der Waals surface area contributed by atoms with Gasteiger partial charge in [-0.25, -0.2) is 4.98 Å². The van der Waals surface area contributed by atoms with Crippen LogP contribution in [0.3, 0.4) is 0 Å². The van der Waals surface area contributed by atoms with E-state index in [2.05, 4.69) is 15.6 Å². The van der Waals surface area contributed by atoms with E-state index in [0.717, 1.165) is 34.0 Å². The molecule has 0 spiro atoms. The van der Waals surface area contributed by atoms with Gasteiger partial charge in [-0.15, -0.1) is 11.3 Å². The van der Waals surface area contributed by atoms with Gasteiger partial charge < -0.3 is 10.6 Å². The van der Waals surface area contributed by atoms with Crippen molar-refractivity contribution in [2.75, 3.05) is 5.32 Å². The second-order valence-electron chi connectivity index (χ2n) is 5.43. The van der Waals surface area contributed by atoms with Crippen molar-refractivity contribution >= 4 is 28.8 Å². The third-order valence-corrected chi connectivity index (χ3v) is 4.40. The van der Waals surface area contributed by atoms with Gasteiger partial charge in [0.1, 0.15) is 10.7 Å². The number of benzene rings is 1. The molecule has 0 aliphatic heterocycles. The molecule has 2 amide bonds. The van der Waals surface area contributed by atoms with E-state index in [4.69, 9.17) is 0 Å².